The van der Waals surface area contributed by atoms with Gasteiger partial charge in [-0.05, 0) is 29.5 Å². The summed E-state index contributed by atoms with van der Waals surface area (Å²) >= 11 is 0. The highest BCUT2D eigenvalue weighted by Gasteiger charge is 2.21. The number of carbonyl (C=O) groups excluding carboxylic acids is 1. The summed E-state index contributed by atoms with van der Waals surface area (Å²) < 4.78 is 0. The van der Waals surface area contributed by atoms with E-state index in [2.05, 4.69) is 42.5 Å². The second kappa shape index (κ2) is 6.40. The van der Waals surface area contributed by atoms with E-state index in [9.17, 15) is 4.79 Å². The summed E-state index contributed by atoms with van der Waals surface area (Å²) in [4.78, 5) is 14.0. The van der Waals surface area contributed by atoms with Crippen molar-refractivity contribution in [2.24, 2.45) is 5.92 Å². The molecular formula is C19H19NO. The SMILES string of the molecule is O=C1C=CC(Cc2ccccc2)CN1Cc1ccccc1. The molecule has 21 heavy (non-hydrogen) atoms. The molecule has 3 rings (SSSR count). The van der Waals surface area contributed by atoms with E-state index in [0.717, 1.165) is 13.0 Å². The number of amides is 1. The van der Waals surface area contributed by atoms with E-state index in [-0.39, 0.29) is 5.91 Å². The van der Waals surface area contributed by atoms with Crippen molar-refractivity contribution >= 4 is 5.91 Å². The number of hydrogen-bond acceptors (Lipinski definition) is 1. The summed E-state index contributed by atoms with van der Waals surface area (Å²) in [5.74, 6) is 0.511. The third-order valence-corrected chi connectivity index (χ3v) is 3.83. The lowest BCUT2D eigenvalue weighted by Gasteiger charge is -2.29. The van der Waals surface area contributed by atoms with Crippen LogP contribution in [0.1, 0.15) is 11.1 Å². The van der Waals surface area contributed by atoms with E-state index < -0.39 is 0 Å². The highest BCUT2D eigenvalue weighted by atomic mass is 16.2. The van der Waals surface area contributed by atoms with Gasteiger partial charge < -0.3 is 4.90 Å². The van der Waals surface area contributed by atoms with Gasteiger partial charge in [-0.2, -0.15) is 0 Å². The van der Waals surface area contributed by atoms with Gasteiger partial charge in [-0.25, -0.2) is 0 Å². The summed E-state index contributed by atoms with van der Waals surface area (Å²) in [7, 11) is 0. The third kappa shape index (κ3) is 3.60. The van der Waals surface area contributed by atoms with E-state index in [4.69, 9.17) is 0 Å². The van der Waals surface area contributed by atoms with Crippen LogP contribution in [0.25, 0.3) is 0 Å². The number of carbonyl (C=O) groups is 1. The zero-order chi connectivity index (χ0) is 14.5. The molecule has 0 spiro atoms. The largest absolute Gasteiger partial charge is 0.334 e. The van der Waals surface area contributed by atoms with Gasteiger partial charge in [0.2, 0.25) is 5.91 Å². The molecule has 1 aliphatic rings. The average Bonchev–Trinajstić information content (AvgIpc) is 2.53. The quantitative estimate of drug-likeness (QED) is 0.838. The van der Waals surface area contributed by atoms with Gasteiger partial charge in [0, 0.05) is 13.1 Å². The number of nitrogens with zero attached hydrogens (tertiary/aromatic N) is 1. The Bertz CT molecular complexity index is 619. The summed E-state index contributed by atoms with van der Waals surface area (Å²) in [6, 6.07) is 20.6. The molecule has 1 atom stereocenters. The maximum Gasteiger partial charge on any atom is 0.246 e. The van der Waals surface area contributed by atoms with Gasteiger partial charge in [-0.3, -0.25) is 4.79 Å². The highest BCUT2D eigenvalue weighted by molar-refractivity contribution is 5.88. The number of hydrogen-bond donors (Lipinski definition) is 0. The smallest absolute Gasteiger partial charge is 0.246 e. The first-order valence-corrected chi connectivity index (χ1v) is 7.36. The molecule has 0 N–H and O–H groups in total. The van der Waals surface area contributed by atoms with E-state index in [1.807, 2.05) is 29.2 Å². The van der Waals surface area contributed by atoms with Crippen LogP contribution in [0, 0.1) is 5.92 Å². The zero-order valence-electron chi connectivity index (χ0n) is 12.0. The maximum atomic E-state index is 12.0. The normalized spacial score (nSPS) is 18.0. The molecule has 1 aliphatic heterocycles. The molecule has 0 saturated heterocycles. The van der Waals surface area contributed by atoms with Crippen molar-refractivity contribution in [3.05, 3.63) is 83.9 Å². The predicted octanol–water partition coefficient (Wildman–Crippen LogP) is 3.44. The minimum absolute atomic E-state index is 0.114. The molecule has 1 heterocycles. The van der Waals surface area contributed by atoms with Crippen LogP contribution >= 0.6 is 0 Å². The highest BCUT2D eigenvalue weighted by Crippen LogP contribution is 2.18. The van der Waals surface area contributed by atoms with Crippen LogP contribution in [0.2, 0.25) is 0 Å². The topological polar surface area (TPSA) is 20.3 Å². The van der Waals surface area contributed by atoms with Crippen LogP contribution in [0.3, 0.4) is 0 Å². The predicted molar refractivity (Wildman–Crippen MR) is 84.6 cm³/mol. The Hall–Kier alpha value is -2.35. The molecule has 2 aromatic carbocycles. The summed E-state index contributed by atoms with van der Waals surface area (Å²) in [6.07, 6.45) is 4.76. The van der Waals surface area contributed by atoms with Crippen molar-refractivity contribution in [3.8, 4) is 0 Å². The lowest BCUT2D eigenvalue weighted by atomic mass is 9.95. The van der Waals surface area contributed by atoms with Crippen LogP contribution < -0.4 is 0 Å². The monoisotopic (exact) mass is 277 g/mol. The first-order chi connectivity index (χ1) is 10.3. The van der Waals surface area contributed by atoms with Gasteiger partial charge in [0.1, 0.15) is 0 Å². The summed E-state index contributed by atoms with van der Waals surface area (Å²) in [5.41, 5.74) is 2.50. The first kappa shape index (κ1) is 13.6. The maximum absolute atomic E-state index is 12.0. The zero-order valence-corrected chi connectivity index (χ0v) is 12.0. The Morgan fingerprint density at radius 1 is 0.905 bits per heavy atom. The molecule has 1 unspecified atom stereocenters. The summed E-state index contributed by atoms with van der Waals surface area (Å²) in [6.45, 7) is 1.48. The number of rotatable bonds is 4. The average molecular weight is 277 g/mol. The molecule has 1 amide bonds. The molecule has 0 aromatic heterocycles. The van der Waals surface area contributed by atoms with Crippen molar-refractivity contribution < 1.29 is 4.79 Å². The Balaban J connectivity index is 1.67. The third-order valence-electron chi connectivity index (χ3n) is 3.83. The van der Waals surface area contributed by atoms with E-state index in [1.165, 1.54) is 11.1 Å². The fourth-order valence-electron chi connectivity index (χ4n) is 2.75. The van der Waals surface area contributed by atoms with Crippen molar-refractivity contribution in [2.75, 3.05) is 6.54 Å². The van der Waals surface area contributed by atoms with Crippen LogP contribution in [-0.4, -0.2) is 17.4 Å². The summed E-state index contributed by atoms with van der Waals surface area (Å²) in [5, 5.41) is 0. The number of benzene rings is 2. The molecule has 0 fully saturated rings. The lowest BCUT2D eigenvalue weighted by Crippen LogP contribution is -2.37. The Labute approximate surface area is 125 Å². The second-order valence-corrected chi connectivity index (χ2v) is 5.51. The molecule has 0 radical (unpaired) electrons. The standard InChI is InChI=1S/C19H19NO/c21-19-12-11-18(13-16-7-3-1-4-8-16)15-20(19)14-17-9-5-2-6-10-17/h1-12,18H,13-15H2. The fraction of sp³-hybridized carbons (Fsp3) is 0.211. The molecule has 2 heteroatoms. The molecular weight excluding hydrogens is 258 g/mol. The van der Waals surface area contributed by atoms with E-state index in [0.29, 0.717) is 12.5 Å². The van der Waals surface area contributed by atoms with Crippen LogP contribution in [0.4, 0.5) is 0 Å². The Kier molecular flexibility index (Phi) is 4.15. The van der Waals surface area contributed by atoms with Crippen LogP contribution in [0.15, 0.2) is 72.8 Å². The van der Waals surface area contributed by atoms with Crippen molar-refractivity contribution in [3.63, 3.8) is 0 Å². The van der Waals surface area contributed by atoms with Gasteiger partial charge in [0.05, 0.1) is 0 Å². The molecule has 0 saturated carbocycles. The minimum Gasteiger partial charge on any atom is -0.334 e. The minimum atomic E-state index is 0.114. The first-order valence-electron chi connectivity index (χ1n) is 7.36. The fourth-order valence-corrected chi connectivity index (χ4v) is 2.75. The van der Waals surface area contributed by atoms with Gasteiger partial charge >= 0.3 is 0 Å². The van der Waals surface area contributed by atoms with Crippen molar-refractivity contribution in [1.29, 1.82) is 0 Å². The van der Waals surface area contributed by atoms with Crippen molar-refractivity contribution in [2.45, 2.75) is 13.0 Å². The second-order valence-electron chi connectivity index (χ2n) is 5.51. The van der Waals surface area contributed by atoms with Gasteiger partial charge in [-0.15, -0.1) is 0 Å². The lowest BCUT2D eigenvalue weighted by molar-refractivity contribution is -0.127. The Morgan fingerprint density at radius 3 is 2.19 bits per heavy atom. The van der Waals surface area contributed by atoms with Crippen LogP contribution in [-0.2, 0) is 17.8 Å². The molecule has 2 nitrogen and oxygen atoms in total. The van der Waals surface area contributed by atoms with Crippen LogP contribution in [0.5, 0.6) is 0 Å². The molecule has 106 valence electrons. The molecule has 0 aliphatic carbocycles. The van der Waals surface area contributed by atoms with Gasteiger partial charge in [0.25, 0.3) is 0 Å². The van der Waals surface area contributed by atoms with E-state index in [1.54, 1.807) is 6.08 Å². The van der Waals surface area contributed by atoms with Gasteiger partial charge in [0.15, 0.2) is 0 Å². The molecule has 0 bridgehead atoms. The molecule has 2 aromatic rings. The Morgan fingerprint density at radius 2 is 1.52 bits per heavy atom. The van der Waals surface area contributed by atoms with E-state index >= 15 is 0 Å². The van der Waals surface area contributed by atoms with Gasteiger partial charge in [-0.1, -0.05) is 66.7 Å². The van der Waals surface area contributed by atoms with Crippen molar-refractivity contribution in [1.82, 2.24) is 4.90 Å².